The van der Waals surface area contributed by atoms with E-state index in [2.05, 4.69) is 10.3 Å². The number of imidazole rings is 1. The minimum Gasteiger partial charge on any atom is -0.393 e. The average Bonchev–Trinajstić information content (AvgIpc) is 2.86. The second-order valence-corrected chi connectivity index (χ2v) is 5.91. The van der Waals surface area contributed by atoms with Gasteiger partial charge in [0, 0.05) is 18.1 Å². The lowest BCUT2D eigenvalue weighted by Crippen LogP contribution is -2.23. The van der Waals surface area contributed by atoms with Gasteiger partial charge in [-0.3, -0.25) is 4.40 Å². The molecule has 0 saturated heterocycles. The molecule has 0 bridgehead atoms. The molecule has 2 aromatic rings. The van der Waals surface area contributed by atoms with Crippen LogP contribution in [0.2, 0.25) is 5.15 Å². The predicted molar refractivity (Wildman–Crippen MR) is 75.2 cm³/mol. The lowest BCUT2D eigenvalue weighted by atomic mass is 10.0. The molecule has 0 aliphatic heterocycles. The number of aliphatic hydroxyl groups excluding tert-OH is 1. The maximum absolute atomic E-state index is 9.69. The molecule has 0 aromatic carbocycles. The number of fused-ring (bicyclic) bond motifs is 1. The van der Waals surface area contributed by atoms with E-state index in [0.717, 1.165) is 23.6 Å². The zero-order chi connectivity index (χ0) is 13.1. The molecular formula is C12H18ClN3OS. The number of rotatable bonds is 6. The highest BCUT2D eigenvalue weighted by Crippen LogP contribution is 2.20. The fourth-order valence-electron chi connectivity index (χ4n) is 1.75. The van der Waals surface area contributed by atoms with E-state index in [1.807, 2.05) is 29.8 Å². The number of aliphatic hydroxyl groups is 1. The fourth-order valence-corrected chi connectivity index (χ4v) is 2.78. The normalized spacial score (nSPS) is 13.6. The van der Waals surface area contributed by atoms with Gasteiger partial charge in [0.25, 0.3) is 0 Å². The van der Waals surface area contributed by atoms with Gasteiger partial charge in [-0.1, -0.05) is 25.4 Å². The molecule has 2 heterocycles. The predicted octanol–water partition coefficient (Wildman–Crippen LogP) is 2.55. The van der Waals surface area contributed by atoms with Gasteiger partial charge >= 0.3 is 0 Å². The van der Waals surface area contributed by atoms with Gasteiger partial charge in [0.2, 0.25) is 0 Å². The second kappa shape index (κ2) is 6.02. The van der Waals surface area contributed by atoms with Crippen LogP contribution >= 0.6 is 22.9 Å². The molecule has 0 spiro atoms. The summed E-state index contributed by atoms with van der Waals surface area (Å²) in [6.07, 6.45) is 2.47. The average molecular weight is 288 g/mol. The zero-order valence-corrected chi connectivity index (χ0v) is 12.1. The Hall–Kier alpha value is -0.620. The lowest BCUT2D eigenvalue weighted by Gasteiger charge is -2.14. The number of aromatic nitrogens is 2. The Kier molecular flexibility index (Phi) is 4.61. The first kappa shape index (κ1) is 13.8. The van der Waals surface area contributed by atoms with Gasteiger partial charge in [-0.15, -0.1) is 11.3 Å². The highest BCUT2D eigenvalue weighted by atomic mass is 35.5. The number of halogens is 1. The van der Waals surface area contributed by atoms with Crippen molar-refractivity contribution in [3.05, 3.63) is 22.4 Å². The molecule has 2 rings (SSSR count). The van der Waals surface area contributed by atoms with Crippen molar-refractivity contribution in [1.29, 1.82) is 0 Å². The summed E-state index contributed by atoms with van der Waals surface area (Å²) in [6, 6.07) is 0. The Balaban J connectivity index is 1.87. The minimum absolute atomic E-state index is 0.250. The van der Waals surface area contributed by atoms with Crippen LogP contribution in [0.5, 0.6) is 0 Å². The van der Waals surface area contributed by atoms with Gasteiger partial charge < -0.3 is 10.4 Å². The number of nitrogens with one attached hydrogen (secondary N) is 1. The number of hydrogen-bond acceptors (Lipinski definition) is 4. The first-order valence-electron chi connectivity index (χ1n) is 6.08. The number of nitrogens with zero attached hydrogens (tertiary/aromatic N) is 2. The molecule has 6 heteroatoms. The summed E-state index contributed by atoms with van der Waals surface area (Å²) in [5, 5.41) is 15.5. The van der Waals surface area contributed by atoms with E-state index < -0.39 is 0 Å². The van der Waals surface area contributed by atoms with Crippen molar-refractivity contribution in [1.82, 2.24) is 14.7 Å². The van der Waals surface area contributed by atoms with Crippen molar-refractivity contribution in [3.63, 3.8) is 0 Å². The summed E-state index contributed by atoms with van der Waals surface area (Å²) in [5.74, 6) is 0.300. The van der Waals surface area contributed by atoms with Crippen LogP contribution < -0.4 is 5.32 Å². The molecule has 100 valence electrons. The summed E-state index contributed by atoms with van der Waals surface area (Å²) in [5.41, 5.74) is 0.979. The Bertz CT molecular complexity index is 508. The summed E-state index contributed by atoms with van der Waals surface area (Å²) < 4.78 is 2.00. The second-order valence-electron chi connectivity index (χ2n) is 4.68. The molecule has 18 heavy (non-hydrogen) atoms. The van der Waals surface area contributed by atoms with E-state index >= 15 is 0 Å². The van der Waals surface area contributed by atoms with Crippen LogP contribution in [-0.2, 0) is 6.54 Å². The Morgan fingerprint density at radius 1 is 1.56 bits per heavy atom. The van der Waals surface area contributed by atoms with Crippen molar-refractivity contribution in [2.45, 2.75) is 32.9 Å². The van der Waals surface area contributed by atoms with Crippen LogP contribution in [0.15, 0.2) is 11.6 Å². The maximum Gasteiger partial charge on any atom is 0.195 e. The third kappa shape index (κ3) is 3.03. The van der Waals surface area contributed by atoms with Gasteiger partial charge in [0.15, 0.2) is 10.1 Å². The summed E-state index contributed by atoms with van der Waals surface area (Å²) in [6.45, 7) is 5.48. The summed E-state index contributed by atoms with van der Waals surface area (Å²) in [4.78, 5) is 5.19. The summed E-state index contributed by atoms with van der Waals surface area (Å²) >= 11 is 7.66. The van der Waals surface area contributed by atoms with Crippen LogP contribution in [-0.4, -0.2) is 27.1 Å². The molecule has 0 radical (unpaired) electrons. The van der Waals surface area contributed by atoms with E-state index in [-0.39, 0.29) is 6.10 Å². The van der Waals surface area contributed by atoms with Gasteiger partial charge in [-0.2, -0.15) is 0 Å². The van der Waals surface area contributed by atoms with Gasteiger partial charge in [-0.25, -0.2) is 4.98 Å². The number of thiazole rings is 1. The fraction of sp³-hybridized carbons (Fsp3) is 0.583. The van der Waals surface area contributed by atoms with Crippen molar-refractivity contribution < 1.29 is 5.11 Å². The number of hydrogen-bond donors (Lipinski definition) is 2. The highest BCUT2D eigenvalue weighted by Gasteiger charge is 2.11. The Morgan fingerprint density at radius 3 is 3.06 bits per heavy atom. The van der Waals surface area contributed by atoms with Crippen LogP contribution in [0, 0.1) is 5.92 Å². The van der Waals surface area contributed by atoms with E-state index in [9.17, 15) is 5.11 Å². The van der Waals surface area contributed by atoms with Gasteiger partial charge in [0.05, 0.1) is 11.8 Å². The topological polar surface area (TPSA) is 49.6 Å². The van der Waals surface area contributed by atoms with E-state index in [1.165, 1.54) is 0 Å². The highest BCUT2D eigenvalue weighted by molar-refractivity contribution is 7.15. The van der Waals surface area contributed by atoms with E-state index in [4.69, 9.17) is 11.6 Å². The first-order chi connectivity index (χ1) is 8.59. The SMILES string of the molecule is CC(C)C(O)CCNCc1c(Cl)nc2sccn12. The Labute approximate surface area is 116 Å². The van der Waals surface area contributed by atoms with Crippen molar-refractivity contribution >= 4 is 27.9 Å². The molecule has 0 aliphatic rings. The first-order valence-corrected chi connectivity index (χ1v) is 7.34. The third-order valence-electron chi connectivity index (χ3n) is 2.99. The summed E-state index contributed by atoms with van der Waals surface area (Å²) in [7, 11) is 0. The molecule has 2 aromatic heterocycles. The zero-order valence-electron chi connectivity index (χ0n) is 10.6. The monoisotopic (exact) mass is 287 g/mol. The van der Waals surface area contributed by atoms with Crippen LogP contribution in [0.4, 0.5) is 0 Å². The molecule has 0 fully saturated rings. The molecule has 2 N–H and O–H groups in total. The standard InChI is InChI=1S/C12H18ClN3OS/c1-8(2)10(17)3-4-14-7-9-11(13)15-12-16(9)5-6-18-12/h5-6,8,10,14,17H,3-4,7H2,1-2H3. The molecule has 0 amide bonds. The molecule has 1 atom stereocenters. The minimum atomic E-state index is -0.250. The lowest BCUT2D eigenvalue weighted by molar-refractivity contribution is 0.116. The van der Waals surface area contributed by atoms with Crippen molar-refractivity contribution in [2.24, 2.45) is 5.92 Å². The molecular weight excluding hydrogens is 270 g/mol. The van der Waals surface area contributed by atoms with Crippen molar-refractivity contribution in [2.75, 3.05) is 6.54 Å². The van der Waals surface area contributed by atoms with Gasteiger partial charge in [0.1, 0.15) is 0 Å². The molecule has 0 saturated carbocycles. The van der Waals surface area contributed by atoms with Crippen LogP contribution in [0.25, 0.3) is 4.96 Å². The molecule has 1 unspecified atom stereocenters. The molecule has 0 aliphatic carbocycles. The quantitative estimate of drug-likeness (QED) is 0.803. The largest absolute Gasteiger partial charge is 0.393 e. The van der Waals surface area contributed by atoms with Gasteiger partial charge in [-0.05, 0) is 18.9 Å². The van der Waals surface area contributed by atoms with Crippen molar-refractivity contribution in [3.8, 4) is 0 Å². The van der Waals surface area contributed by atoms with E-state index in [1.54, 1.807) is 11.3 Å². The van der Waals surface area contributed by atoms with Crippen LogP contribution in [0.1, 0.15) is 26.0 Å². The third-order valence-corrected chi connectivity index (χ3v) is 4.05. The molecule has 4 nitrogen and oxygen atoms in total. The Morgan fingerprint density at radius 2 is 2.33 bits per heavy atom. The smallest absolute Gasteiger partial charge is 0.195 e. The maximum atomic E-state index is 9.69. The van der Waals surface area contributed by atoms with E-state index in [0.29, 0.717) is 17.6 Å². The van der Waals surface area contributed by atoms with Crippen LogP contribution in [0.3, 0.4) is 0 Å².